The smallest absolute Gasteiger partial charge is 0.267 e. The fourth-order valence-corrected chi connectivity index (χ4v) is 2.71. The first-order valence-corrected chi connectivity index (χ1v) is 8.41. The number of aromatic amines is 1. The molecule has 3 rings (SSSR count). The summed E-state index contributed by atoms with van der Waals surface area (Å²) in [4.78, 5) is 27.2. The number of benzene rings is 2. The van der Waals surface area contributed by atoms with Crippen molar-refractivity contribution < 1.29 is 9.59 Å². The summed E-state index contributed by atoms with van der Waals surface area (Å²) in [7, 11) is 0. The highest BCUT2D eigenvalue weighted by molar-refractivity contribution is 6.30. The van der Waals surface area contributed by atoms with Crippen LogP contribution in [0.1, 0.15) is 27.3 Å². The predicted octanol–water partition coefficient (Wildman–Crippen LogP) is 3.37. The number of carbonyl (C=O) groups is 2. The van der Waals surface area contributed by atoms with E-state index in [9.17, 15) is 9.59 Å². The Labute approximate surface area is 150 Å². The molecule has 0 aliphatic carbocycles. The van der Waals surface area contributed by atoms with Gasteiger partial charge in [0, 0.05) is 34.6 Å². The molecular weight excluding hydrogens is 338 g/mol. The predicted molar refractivity (Wildman–Crippen MR) is 99.0 cm³/mol. The maximum atomic E-state index is 12.1. The van der Waals surface area contributed by atoms with Gasteiger partial charge in [0.05, 0.1) is 0 Å². The summed E-state index contributed by atoms with van der Waals surface area (Å²) in [6, 6.07) is 16.3. The molecule has 25 heavy (non-hydrogen) atoms. The van der Waals surface area contributed by atoms with Crippen molar-refractivity contribution in [3.8, 4) is 0 Å². The molecule has 3 aromatic rings. The van der Waals surface area contributed by atoms with E-state index in [1.54, 1.807) is 24.3 Å². The largest absolute Gasteiger partial charge is 0.352 e. The number of aromatic nitrogens is 1. The number of fused-ring (bicyclic) bond motifs is 1. The van der Waals surface area contributed by atoms with Gasteiger partial charge in [-0.1, -0.05) is 35.9 Å². The maximum Gasteiger partial charge on any atom is 0.267 e. The zero-order valence-electron chi connectivity index (χ0n) is 13.5. The highest BCUT2D eigenvalue weighted by atomic mass is 35.5. The molecule has 2 amide bonds. The molecule has 1 heterocycles. The van der Waals surface area contributed by atoms with Crippen molar-refractivity contribution in [2.75, 3.05) is 13.1 Å². The minimum absolute atomic E-state index is 0.155. The van der Waals surface area contributed by atoms with E-state index in [2.05, 4.69) is 15.6 Å². The number of hydrogen-bond acceptors (Lipinski definition) is 2. The fraction of sp³-hybridized carbons (Fsp3) is 0.158. The summed E-state index contributed by atoms with van der Waals surface area (Å²) >= 11 is 5.86. The van der Waals surface area contributed by atoms with E-state index < -0.39 is 0 Å². The van der Waals surface area contributed by atoms with Gasteiger partial charge in [-0.3, -0.25) is 9.59 Å². The molecule has 0 fully saturated rings. The Morgan fingerprint density at radius 3 is 2.44 bits per heavy atom. The second-order valence-electron chi connectivity index (χ2n) is 5.65. The third kappa shape index (κ3) is 4.39. The van der Waals surface area contributed by atoms with Crippen LogP contribution in [0.25, 0.3) is 10.9 Å². The molecule has 5 nitrogen and oxygen atoms in total. The highest BCUT2D eigenvalue weighted by Crippen LogP contribution is 2.14. The quantitative estimate of drug-likeness (QED) is 0.593. The third-order valence-corrected chi connectivity index (χ3v) is 4.02. The molecular formula is C19H18ClN3O2. The van der Waals surface area contributed by atoms with E-state index in [0.29, 0.717) is 35.8 Å². The van der Waals surface area contributed by atoms with Crippen molar-refractivity contribution in [3.63, 3.8) is 0 Å². The van der Waals surface area contributed by atoms with Gasteiger partial charge in [-0.15, -0.1) is 0 Å². The average molecular weight is 356 g/mol. The number of carbonyl (C=O) groups excluding carboxylic acids is 2. The van der Waals surface area contributed by atoms with Crippen LogP contribution in [-0.2, 0) is 0 Å². The van der Waals surface area contributed by atoms with E-state index in [1.807, 2.05) is 30.3 Å². The number of para-hydroxylation sites is 1. The van der Waals surface area contributed by atoms with Gasteiger partial charge in [-0.25, -0.2) is 0 Å². The van der Waals surface area contributed by atoms with Crippen molar-refractivity contribution in [1.82, 2.24) is 15.6 Å². The highest BCUT2D eigenvalue weighted by Gasteiger charge is 2.09. The minimum Gasteiger partial charge on any atom is -0.352 e. The van der Waals surface area contributed by atoms with Gasteiger partial charge in [-0.2, -0.15) is 0 Å². The Hall–Kier alpha value is -2.79. The Kier molecular flexibility index (Phi) is 5.36. The summed E-state index contributed by atoms with van der Waals surface area (Å²) in [5.74, 6) is -0.332. The van der Waals surface area contributed by atoms with E-state index in [4.69, 9.17) is 11.6 Å². The van der Waals surface area contributed by atoms with E-state index >= 15 is 0 Å². The van der Waals surface area contributed by atoms with Gasteiger partial charge in [0.25, 0.3) is 11.8 Å². The second kappa shape index (κ2) is 7.85. The summed E-state index contributed by atoms with van der Waals surface area (Å²) < 4.78 is 0. The van der Waals surface area contributed by atoms with Gasteiger partial charge >= 0.3 is 0 Å². The molecule has 0 aliphatic heterocycles. The average Bonchev–Trinajstić information content (AvgIpc) is 3.05. The molecule has 2 aromatic carbocycles. The number of hydrogen-bond donors (Lipinski definition) is 3. The fourth-order valence-electron chi connectivity index (χ4n) is 2.51. The lowest BCUT2D eigenvalue weighted by atomic mass is 10.2. The molecule has 0 unspecified atom stereocenters. The Bertz CT molecular complexity index is 871. The van der Waals surface area contributed by atoms with Crippen LogP contribution in [0.15, 0.2) is 54.6 Å². The monoisotopic (exact) mass is 355 g/mol. The minimum atomic E-state index is -0.176. The lowest BCUT2D eigenvalue weighted by Crippen LogP contribution is -2.30. The zero-order chi connectivity index (χ0) is 17.6. The molecule has 0 saturated heterocycles. The molecule has 0 radical (unpaired) electrons. The summed E-state index contributed by atoms with van der Waals surface area (Å²) in [6.45, 7) is 0.947. The van der Waals surface area contributed by atoms with Crippen LogP contribution in [0.3, 0.4) is 0 Å². The topological polar surface area (TPSA) is 74.0 Å². The molecule has 1 aromatic heterocycles. The van der Waals surface area contributed by atoms with Crippen molar-refractivity contribution in [1.29, 1.82) is 0 Å². The lowest BCUT2D eigenvalue weighted by molar-refractivity contribution is 0.0948. The summed E-state index contributed by atoms with van der Waals surface area (Å²) in [5.41, 5.74) is 1.99. The number of rotatable bonds is 6. The first-order valence-electron chi connectivity index (χ1n) is 8.03. The van der Waals surface area contributed by atoms with E-state index in [0.717, 1.165) is 10.9 Å². The Morgan fingerprint density at radius 1 is 0.920 bits per heavy atom. The van der Waals surface area contributed by atoms with Crippen molar-refractivity contribution in [2.24, 2.45) is 0 Å². The van der Waals surface area contributed by atoms with Crippen LogP contribution in [-0.4, -0.2) is 29.9 Å². The first kappa shape index (κ1) is 17.0. The van der Waals surface area contributed by atoms with E-state index in [1.165, 1.54) is 0 Å². The van der Waals surface area contributed by atoms with Gasteiger partial charge in [0.2, 0.25) is 0 Å². The number of amides is 2. The molecule has 0 bridgehead atoms. The first-order chi connectivity index (χ1) is 12.1. The van der Waals surface area contributed by atoms with Gasteiger partial charge in [0.15, 0.2) is 0 Å². The number of halogens is 1. The van der Waals surface area contributed by atoms with Crippen molar-refractivity contribution >= 4 is 34.3 Å². The van der Waals surface area contributed by atoms with Crippen molar-refractivity contribution in [2.45, 2.75) is 6.42 Å². The Morgan fingerprint density at radius 2 is 1.68 bits per heavy atom. The lowest BCUT2D eigenvalue weighted by Gasteiger charge is -2.06. The molecule has 0 aliphatic rings. The number of H-pyrrole nitrogens is 1. The van der Waals surface area contributed by atoms with Gasteiger partial charge in [-0.05, 0) is 36.8 Å². The van der Waals surface area contributed by atoms with Crippen molar-refractivity contribution in [3.05, 3.63) is 70.9 Å². The SMILES string of the molecule is O=C(NCCCNC(=O)c1cc2ccccc2[nH]1)c1cccc(Cl)c1. The van der Waals surface area contributed by atoms with E-state index in [-0.39, 0.29) is 11.8 Å². The Balaban J connectivity index is 1.42. The summed E-state index contributed by atoms with van der Waals surface area (Å²) in [5, 5.41) is 7.17. The van der Waals surface area contributed by atoms with Crippen LogP contribution >= 0.6 is 11.6 Å². The molecule has 6 heteroatoms. The van der Waals surface area contributed by atoms with Crippen LogP contribution in [0.5, 0.6) is 0 Å². The van der Waals surface area contributed by atoms with Crippen LogP contribution in [0, 0.1) is 0 Å². The van der Waals surface area contributed by atoms with Gasteiger partial charge in [0.1, 0.15) is 5.69 Å². The number of nitrogens with one attached hydrogen (secondary N) is 3. The molecule has 0 spiro atoms. The molecule has 0 saturated carbocycles. The zero-order valence-corrected chi connectivity index (χ0v) is 14.3. The van der Waals surface area contributed by atoms with Crippen LogP contribution in [0.2, 0.25) is 5.02 Å². The molecule has 0 atom stereocenters. The maximum absolute atomic E-state index is 12.1. The van der Waals surface area contributed by atoms with Crippen LogP contribution < -0.4 is 10.6 Å². The third-order valence-electron chi connectivity index (χ3n) is 3.79. The van der Waals surface area contributed by atoms with Gasteiger partial charge < -0.3 is 15.6 Å². The van der Waals surface area contributed by atoms with Crippen LogP contribution in [0.4, 0.5) is 0 Å². The second-order valence-corrected chi connectivity index (χ2v) is 6.08. The normalized spacial score (nSPS) is 10.6. The standard InChI is InChI=1S/C19H18ClN3O2/c20-15-7-3-6-14(11-15)18(24)21-9-4-10-22-19(25)17-12-13-5-1-2-8-16(13)23-17/h1-3,5-8,11-12,23H,4,9-10H2,(H,21,24)(H,22,25). The summed E-state index contributed by atoms with van der Waals surface area (Å²) in [6.07, 6.45) is 0.637. The molecule has 128 valence electrons. The molecule has 3 N–H and O–H groups in total.